The third kappa shape index (κ3) is 4.39. The van der Waals surface area contributed by atoms with Crippen LogP contribution in [0.15, 0.2) is 48.5 Å². The second-order valence-corrected chi connectivity index (χ2v) is 9.43. The number of fused-ring (bicyclic) bond motifs is 3. The first-order valence-electron chi connectivity index (χ1n) is 12.0. The van der Waals surface area contributed by atoms with Gasteiger partial charge in [-0.15, -0.1) is 0 Å². The van der Waals surface area contributed by atoms with Gasteiger partial charge in [-0.25, -0.2) is 4.79 Å². The quantitative estimate of drug-likeness (QED) is 0.638. The number of aliphatic carboxylic acids is 1. The van der Waals surface area contributed by atoms with Gasteiger partial charge in [0.2, 0.25) is 5.91 Å². The summed E-state index contributed by atoms with van der Waals surface area (Å²) in [6.45, 7) is 6.15. The average molecular weight is 465 g/mol. The van der Waals surface area contributed by atoms with Crippen molar-refractivity contribution in [2.75, 3.05) is 13.2 Å². The van der Waals surface area contributed by atoms with Crippen LogP contribution in [0.2, 0.25) is 0 Å². The molecule has 180 valence electrons. The van der Waals surface area contributed by atoms with E-state index in [0.29, 0.717) is 19.4 Å². The second-order valence-electron chi connectivity index (χ2n) is 9.43. The highest BCUT2D eigenvalue weighted by atomic mass is 16.5. The maximum atomic E-state index is 13.3. The first-order chi connectivity index (χ1) is 16.3. The third-order valence-corrected chi connectivity index (χ3v) is 7.11. The maximum Gasteiger partial charge on any atom is 0.407 e. The molecule has 2 amide bonds. The van der Waals surface area contributed by atoms with E-state index in [1.54, 1.807) is 4.90 Å². The molecule has 4 rings (SSSR count). The minimum atomic E-state index is -0.882. The fraction of sp³-hybridized carbons (Fsp3) is 0.444. The molecule has 1 aliphatic carbocycles. The summed E-state index contributed by atoms with van der Waals surface area (Å²) in [6, 6.07) is 15.1. The summed E-state index contributed by atoms with van der Waals surface area (Å²) in [7, 11) is 0. The highest BCUT2D eigenvalue weighted by Gasteiger charge is 2.42. The lowest BCUT2D eigenvalue weighted by Crippen LogP contribution is -2.53. The Labute approximate surface area is 200 Å². The largest absolute Gasteiger partial charge is 0.481 e. The van der Waals surface area contributed by atoms with Crippen LogP contribution in [0.25, 0.3) is 11.1 Å². The van der Waals surface area contributed by atoms with Gasteiger partial charge >= 0.3 is 12.1 Å². The molecule has 2 unspecified atom stereocenters. The molecule has 1 heterocycles. The highest BCUT2D eigenvalue weighted by Crippen LogP contribution is 2.44. The molecule has 2 aromatic rings. The number of alkyl carbamates (subject to hydrolysis) is 1. The van der Waals surface area contributed by atoms with Gasteiger partial charge < -0.3 is 20.1 Å². The first-order valence-corrected chi connectivity index (χ1v) is 12.0. The molecule has 2 N–H and O–H groups in total. The Kier molecular flexibility index (Phi) is 6.91. The van der Waals surface area contributed by atoms with E-state index in [9.17, 15) is 19.5 Å². The summed E-state index contributed by atoms with van der Waals surface area (Å²) >= 11 is 0. The summed E-state index contributed by atoms with van der Waals surface area (Å²) in [4.78, 5) is 39.3. The highest BCUT2D eigenvalue weighted by molar-refractivity contribution is 5.87. The zero-order valence-electron chi connectivity index (χ0n) is 19.9. The Morgan fingerprint density at radius 2 is 1.65 bits per heavy atom. The number of nitrogens with one attached hydrogen (secondary N) is 1. The van der Waals surface area contributed by atoms with Gasteiger partial charge in [0.05, 0.1) is 5.92 Å². The summed E-state index contributed by atoms with van der Waals surface area (Å²) in [5.41, 5.74) is 4.54. The van der Waals surface area contributed by atoms with Gasteiger partial charge in [0.25, 0.3) is 0 Å². The van der Waals surface area contributed by atoms with E-state index < -0.39 is 24.0 Å². The third-order valence-electron chi connectivity index (χ3n) is 7.11. The van der Waals surface area contributed by atoms with Crippen LogP contribution in [-0.2, 0) is 14.3 Å². The molecule has 0 spiro atoms. The fourth-order valence-corrected chi connectivity index (χ4v) is 5.38. The molecule has 2 aliphatic rings. The SMILES string of the molecule is CCC1C(C(=O)O)CCN1C(=O)[C@@H](NC(=O)OCC1c2ccccc2-c2ccccc21)C(C)C. The van der Waals surface area contributed by atoms with Crippen LogP contribution in [-0.4, -0.2) is 53.2 Å². The number of amides is 2. The summed E-state index contributed by atoms with van der Waals surface area (Å²) < 4.78 is 5.63. The number of likely N-dealkylation sites (tertiary alicyclic amines) is 1. The van der Waals surface area contributed by atoms with E-state index in [4.69, 9.17) is 4.74 Å². The maximum absolute atomic E-state index is 13.3. The molecule has 1 saturated heterocycles. The van der Waals surface area contributed by atoms with Crippen LogP contribution in [0, 0.1) is 11.8 Å². The van der Waals surface area contributed by atoms with Crippen molar-refractivity contribution in [2.45, 2.75) is 51.6 Å². The van der Waals surface area contributed by atoms with Crippen molar-refractivity contribution in [1.82, 2.24) is 10.2 Å². The summed E-state index contributed by atoms with van der Waals surface area (Å²) in [5.74, 6) is -1.94. The molecule has 1 fully saturated rings. The van der Waals surface area contributed by atoms with Crippen LogP contribution >= 0.6 is 0 Å². The molecule has 0 radical (unpaired) electrons. The van der Waals surface area contributed by atoms with Gasteiger partial charge in [0, 0.05) is 18.5 Å². The van der Waals surface area contributed by atoms with Crippen molar-refractivity contribution >= 4 is 18.0 Å². The lowest BCUT2D eigenvalue weighted by Gasteiger charge is -2.31. The van der Waals surface area contributed by atoms with Crippen molar-refractivity contribution in [1.29, 1.82) is 0 Å². The Bertz CT molecular complexity index is 1040. The number of benzene rings is 2. The number of rotatable bonds is 7. The van der Waals surface area contributed by atoms with Crippen LogP contribution < -0.4 is 5.32 Å². The van der Waals surface area contributed by atoms with Crippen molar-refractivity contribution in [3.8, 4) is 11.1 Å². The van der Waals surface area contributed by atoms with Gasteiger partial charge in [-0.3, -0.25) is 9.59 Å². The van der Waals surface area contributed by atoms with E-state index in [1.807, 2.05) is 45.0 Å². The zero-order valence-corrected chi connectivity index (χ0v) is 19.9. The molecule has 1 aliphatic heterocycles. The predicted molar refractivity (Wildman–Crippen MR) is 128 cm³/mol. The van der Waals surface area contributed by atoms with E-state index in [-0.39, 0.29) is 30.4 Å². The smallest absolute Gasteiger partial charge is 0.407 e. The number of nitrogens with zero attached hydrogens (tertiary/aromatic N) is 1. The minimum Gasteiger partial charge on any atom is -0.481 e. The van der Waals surface area contributed by atoms with E-state index in [0.717, 1.165) is 22.3 Å². The number of carbonyl (C=O) groups is 3. The Hall–Kier alpha value is -3.35. The Balaban J connectivity index is 1.43. The topological polar surface area (TPSA) is 95.9 Å². The van der Waals surface area contributed by atoms with Crippen LogP contribution in [0.5, 0.6) is 0 Å². The molecule has 7 heteroatoms. The first kappa shape index (κ1) is 23.8. The summed E-state index contributed by atoms with van der Waals surface area (Å²) in [6.07, 6.45) is 0.337. The van der Waals surface area contributed by atoms with Gasteiger partial charge in [-0.2, -0.15) is 0 Å². The van der Waals surface area contributed by atoms with Crippen LogP contribution in [0.4, 0.5) is 4.79 Å². The number of carbonyl (C=O) groups excluding carboxylic acids is 2. The van der Waals surface area contributed by atoms with E-state index >= 15 is 0 Å². The molecule has 0 aromatic heterocycles. The van der Waals surface area contributed by atoms with Gasteiger partial charge in [-0.05, 0) is 41.0 Å². The molecular weight excluding hydrogens is 432 g/mol. The predicted octanol–water partition coefficient (Wildman–Crippen LogP) is 4.26. The van der Waals surface area contributed by atoms with Crippen molar-refractivity contribution in [3.63, 3.8) is 0 Å². The number of hydrogen-bond acceptors (Lipinski definition) is 4. The van der Waals surface area contributed by atoms with E-state index in [2.05, 4.69) is 29.6 Å². The zero-order chi connectivity index (χ0) is 24.4. The molecule has 7 nitrogen and oxygen atoms in total. The normalized spacial score (nSPS) is 20.1. The molecule has 2 aromatic carbocycles. The monoisotopic (exact) mass is 464 g/mol. The lowest BCUT2D eigenvalue weighted by molar-refractivity contribution is -0.143. The van der Waals surface area contributed by atoms with Crippen molar-refractivity contribution < 1.29 is 24.2 Å². The van der Waals surface area contributed by atoms with Crippen molar-refractivity contribution in [2.24, 2.45) is 11.8 Å². The number of carboxylic acid groups (broad SMARTS) is 1. The molecular formula is C27H32N2O5. The Morgan fingerprint density at radius 3 is 2.18 bits per heavy atom. The molecule has 0 bridgehead atoms. The second kappa shape index (κ2) is 9.87. The molecule has 0 saturated carbocycles. The summed E-state index contributed by atoms with van der Waals surface area (Å²) in [5, 5.41) is 12.2. The van der Waals surface area contributed by atoms with Gasteiger partial charge in [0.1, 0.15) is 12.6 Å². The van der Waals surface area contributed by atoms with E-state index in [1.165, 1.54) is 0 Å². The number of ether oxygens (including phenoxy) is 1. The molecule has 34 heavy (non-hydrogen) atoms. The number of carboxylic acids is 1. The van der Waals surface area contributed by atoms with Crippen LogP contribution in [0.3, 0.4) is 0 Å². The standard InChI is InChI=1S/C27H32N2O5/c1-4-23-21(26(31)32)13-14-29(23)25(30)24(16(2)3)28-27(33)34-15-22-19-11-7-5-9-17(19)18-10-6-8-12-20(18)22/h5-12,16,21-24H,4,13-15H2,1-3H3,(H,28,33)(H,31,32)/t21?,23?,24-/m0/s1. The van der Waals surface area contributed by atoms with Gasteiger partial charge in [0.15, 0.2) is 0 Å². The van der Waals surface area contributed by atoms with Crippen LogP contribution in [0.1, 0.15) is 50.7 Å². The molecule has 3 atom stereocenters. The lowest BCUT2D eigenvalue weighted by atomic mass is 9.97. The fourth-order valence-electron chi connectivity index (χ4n) is 5.38. The van der Waals surface area contributed by atoms with Gasteiger partial charge in [-0.1, -0.05) is 69.3 Å². The minimum absolute atomic E-state index is 0.0641. The van der Waals surface area contributed by atoms with Crippen molar-refractivity contribution in [3.05, 3.63) is 59.7 Å². The number of hydrogen-bond donors (Lipinski definition) is 2. The Morgan fingerprint density at radius 1 is 1.06 bits per heavy atom. The average Bonchev–Trinajstić information content (AvgIpc) is 3.40.